The summed E-state index contributed by atoms with van der Waals surface area (Å²) in [7, 11) is 0. The van der Waals surface area contributed by atoms with Gasteiger partial charge in [0, 0.05) is 25.7 Å². The quantitative estimate of drug-likeness (QED) is 0.546. The van der Waals surface area contributed by atoms with Crippen molar-refractivity contribution in [1.82, 2.24) is 5.32 Å². The first-order chi connectivity index (χ1) is 6.23. The number of nitrogens with two attached hydrogens (primary N) is 1. The molecule has 0 saturated carbocycles. The molecule has 0 aromatic heterocycles. The molecule has 74 valence electrons. The molecule has 1 spiro atoms. The van der Waals surface area contributed by atoms with Crippen molar-refractivity contribution in [2.24, 2.45) is 5.73 Å². The largest absolute Gasteiger partial charge is 0.381 e. The number of hydrogen-bond donors (Lipinski definition) is 2. The van der Waals surface area contributed by atoms with Gasteiger partial charge in [0.05, 0.1) is 5.54 Å². The van der Waals surface area contributed by atoms with Gasteiger partial charge in [-0.25, -0.2) is 0 Å². The molecule has 2 fully saturated rings. The Morgan fingerprint density at radius 3 is 2.85 bits per heavy atom. The van der Waals surface area contributed by atoms with Gasteiger partial charge in [0.2, 0.25) is 5.91 Å². The third-order valence-corrected chi connectivity index (χ3v) is 3.17. The SMILES string of the molecule is NC1CCC(=O)NC12CCOCC2. The van der Waals surface area contributed by atoms with E-state index in [1.165, 1.54) is 0 Å². The molecule has 2 aliphatic rings. The van der Waals surface area contributed by atoms with Crippen LogP contribution in [0, 0.1) is 0 Å². The van der Waals surface area contributed by atoms with E-state index >= 15 is 0 Å². The van der Waals surface area contributed by atoms with Crippen molar-refractivity contribution in [3.63, 3.8) is 0 Å². The van der Waals surface area contributed by atoms with Gasteiger partial charge in [-0.2, -0.15) is 0 Å². The summed E-state index contributed by atoms with van der Waals surface area (Å²) in [5.41, 5.74) is 5.88. The molecule has 0 aromatic carbocycles. The van der Waals surface area contributed by atoms with Crippen molar-refractivity contribution >= 4 is 5.91 Å². The highest BCUT2D eigenvalue weighted by molar-refractivity contribution is 5.78. The number of nitrogens with one attached hydrogen (secondary N) is 1. The summed E-state index contributed by atoms with van der Waals surface area (Å²) < 4.78 is 5.27. The summed E-state index contributed by atoms with van der Waals surface area (Å²) in [6.45, 7) is 1.43. The predicted octanol–water partition coefficient (Wildman–Crippen LogP) is -0.227. The maximum absolute atomic E-state index is 11.3. The van der Waals surface area contributed by atoms with Gasteiger partial charge in [-0.1, -0.05) is 0 Å². The van der Waals surface area contributed by atoms with Crippen LogP contribution >= 0.6 is 0 Å². The van der Waals surface area contributed by atoms with E-state index in [9.17, 15) is 4.79 Å². The Labute approximate surface area is 77.8 Å². The van der Waals surface area contributed by atoms with Crippen molar-refractivity contribution in [2.75, 3.05) is 13.2 Å². The number of carbonyl (C=O) groups excluding carboxylic acids is 1. The summed E-state index contributed by atoms with van der Waals surface area (Å²) in [5, 5.41) is 3.04. The van der Waals surface area contributed by atoms with Crippen LogP contribution in [0.2, 0.25) is 0 Å². The van der Waals surface area contributed by atoms with E-state index < -0.39 is 0 Å². The fourth-order valence-corrected chi connectivity index (χ4v) is 2.23. The lowest BCUT2D eigenvalue weighted by Crippen LogP contribution is -2.65. The predicted molar refractivity (Wildman–Crippen MR) is 48.1 cm³/mol. The van der Waals surface area contributed by atoms with Crippen LogP contribution in [0.4, 0.5) is 0 Å². The molecule has 2 rings (SSSR count). The third-order valence-electron chi connectivity index (χ3n) is 3.17. The van der Waals surface area contributed by atoms with Gasteiger partial charge >= 0.3 is 0 Å². The fraction of sp³-hybridized carbons (Fsp3) is 0.889. The standard InChI is InChI=1S/C9H16N2O2/c10-7-1-2-8(12)11-9(7)3-5-13-6-4-9/h7H,1-6,10H2,(H,11,12). The molecule has 4 heteroatoms. The first-order valence-electron chi connectivity index (χ1n) is 4.87. The van der Waals surface area contributed by atoms with Crippen molar-refractivity contribution in [1.29, 1.82) is 0 Å². The van der Waals surface area contributed by atoms with Gasteiger partial charge in [0.25, 0.3) is 0 Å². The number of piperidine rings is 1. The van der Waals surface area contributed by atoms with Crippen molar-refractivity contribution in [2.45, 2.75) is 37.3 Å². The highest BCUT2D eigenvalue weighted by Gasteiger charge is 2.42. The van der Waals surface area contributed by atoms with E-state index in [-0.39, 0.29) is 17.5 Å². The van der Waals surface area contributed by atoms with Gasteiger partial charge in [0.1, 0.15) is 0 Å². The topological polar surface area (TPSA) is 64.4 Å². The summed E-state index contributed by atoms with van der Waals surface area (Å²) >= 11 is 0. The molecule has 1 atom stereocenters. The second-order valence-corrected chi connectivity index (χ2v) is 3.96. The lowest BCUT2D eigenvalue weighted by Gasteiger charge is -2.45. The molecule has 0 aromatic rings. The van der Waals surface area contributed by atoms with Gasteiger partial charge in [-0.15, -0.1) is 0 Å². The second-order valence-electron chi connectivity index (χ2n) is 3.96. The number of hydrogen-bond acceptors (Lipinski definition) is 3. The lowest BCUT2D eigenvalue weighted by molar-refractivity contribution is -0.127. The Bertz CT molecular complexity index is 212. The minimum absolute atomic E-state index is 0.106. The van der Waals surface area contributed by atoms with Crippen molar-refractivity contribution < 1.29 is 9.53 Å². The third kappa shape index (κ3) is 1.56. The van der Waals surface area contributed by atoms with E-state index in [1.807, 2.05) is 0 Å². The van der Waals surface area contributed by atoms with E-state index in [4.69, 9.17) is 10.5 Å². The van der Waals surface area contributed by atoms with Crippen LogP contribution in [-0.4, -0.2) is 30.7 Å². The Morgan fingerprint density at radius 1 is 1.46 bits per heavy atom. The van der Waals surface area contributed by atoms with Gasteiger partial charge < -0.3 is 15.8 Å². The highest BCUT2D eigenvalue weighted by Crippen LogP contribution is 2.28. The van der Waals surface area contributed by atoms with Crippen LogP contribution < -0.4 is 11.1 Å². The molecule has 2 heterocycles. The van der Waals surface area contributed by atoms with Gasteiger partial charge in [0.15, 0.2) is 0 Å². The van der Waals surface area contributed by atoms with Crippen molar-refractivity contribution in [3.05, 3.63) is 0 Å². The van der Waals surface area contributed by atoms with Crippen LogP contribution in [0.5, 0.6) is 0 Å². The maximum Gasteiger partial charge on any atom is 0.220 e. The maximum atomic E-state index is 11.3. The van der Waals surface area contributed by atoms with Crippen LogP contribution in [-0.2, 0) is 9.53 Å². The minimum Gasteiger partial charge on any atom is -0.381 e. The highest BCUT2D eigenvalue weighted by atomic mass is 16.5. The first-order valence-corrected chi connectivity index (χ1v) is 4.87. The van der Waals surface area contributed by atoms with Crippen LogP contribution in [0.1, 0.15) is 25.7 Å². The summed E-state index contributed by atoms with van der Waals surface area (Å²) in [4.78, 5) is 11.3. The second kappa shape index (κ2) is 3.27. The molecular formula is C9H16N2O2. The lowest BCUT2D eigenvalue weighted by atomic mass is 9.78. The van der Waals surface area contributed by atoms with Crippen LogP contribution in [0.3, 0.4) is 0 Å². The molecule has 3 N–H and O–H groups in total. The summed E-state index contributed by atoms with van der Waals surface area (Å²) in [6.07, 6.45) is 3.11. The van der Waals surface area contributed by atoms with E-state index in [0.29, 0.717) is 19.6 Å². The number of rotatable bonds is 0. The number of ether oxygens (including phenoxy) is 1. The van der Waals surface area contributed by atoms with E-state index in [0.717, 1.165) is 19.3 Å². The molecule has 0 aliphatic carbocycles. The molecule has 1 unspecified atom stereocenters. The van der Waals surface area contributed by atoms with Gasteiger partial charge in [-0.05, 0) is 19.3 Å². The molecule has 2 aliphatic heterocycles. The normalized spacial score (nSPS) is 33.0. The molecule has 0 bridgehead atoms. The Kier molecular flexibility index (Phi) is 2.26. The van der Waals surface area contributed by atoms with E-state index in [2.05, 4.69) is 5.32 Å². The zero-order valence-corrected chi connectivity index (χ0v) is 7.71. The zero-order valence-electron chi connectivity index (χ0n) is 7.71. The van der Waals surface area contributed by atoms with Crippen LogP contribution in [0.15, 0.2) is 0 Å². The molecule has 2 saturated heterocycles. The van der Waals surface area contributed by atoms with Crippen molar-refractivity contribution in [3.8, 4) is 0 Å². The monoisotopic (exact) mass is 184 g/mol. The molecule has 4 nitrogen and oxygen atoms in total. The minimum atomic E-state index is -0.159. The average Bonchev–Trinajstić information content (AvgIpc) is 2.14. The van der Waals surface area contributed by atoms with Crippen LogP contribution in [0.25, 0.3) is 0 Å². The van der Waals surface area contributed by atoms with E-state index in [1.54, 1.807) is 0 Å². The Balaban J connectivity index is 2.11. The number of carbonyl (C=O) groups is 1. The summed E-state index contributed by atoms with van der Waals surface area (Å²) in [5.74, 6) is 0.142. The smallest absolute Gasteiger partial charge is 0.220 e. The van der Waals surface area contributed by atoms with Gasteiger partial charge in [-0.3, -0.25) is 4.79 Å². The molecule has 13 heavy (non-hydrogen) atoms. The Morgan fingerprint density at radius 2 is 2.15 bits per heavy atom. The molecule has 0 radical (unpaired) electrons. The first kappa shape index (κ1) is 8.97. The average molecular weight is 184 g/mol. The molecule has 1 amide bonds. The molecular weight excluding hydrogens is 168 g/mol. The summed E-state index contributed by atoms with van der Waals surface area (Å²) in [6, 6.07) is 0.106. The fourth-order valence-electron chi connectivity index (χ4n) is 2.23. The zero-order chi connectivity index (χ0) is 9.31. The Hall–Kier alpha value is -0.610. The number of amides is 1.